The SMILES string of the molecule is Cc1ccc(C(N)Cc2ccc(Br)cc2Cl)cc1Cl. The highest BCUT2D eigenvalue weighted by atomic mass is 79.9. The van der Waals surface area contributed by atoms with Gasteiger partial charge in [0.05, 0.1) is 0 Å². The van der Waals surface area contributed by atoms with Gasteiger partial charge in [-0.1, -0.05) is 57.3 Å². The van der Waals surface area contributed by atoms with Crippen LogP contribution in [0.15, 0.2) is 40.9 Å². The summed E-state index contributed by atoms with van der Waals surface area (Å²) in [7, 11) is 0. The Bertz CT molecular complexity index is 599. The molecule has 2 N–H and O–H groups in total. The van der Waals surface area contributed by atoms with Crippen LogP contribution in [0.5, 0.6) is 0 Å². The number of hydrogen-bond acceptors (Lipinski definition) is 1. The second-order valence-electron chi connectivity index (χ2n) is 4.55. The van der Waals surface area contributed by atoms with Crippen molar-refractivity contribution >= 4 is 39.1 Å². The van der Waals surface area contributed by atoms with E-state index in [-0.39, 0.29) is 6.04 Å². The van der Waals surface area contributed by atoms with Gasteiger partial charge in [-0.15, -0.1) is 0 Å². The number of aryl methyl sites for hydroxylation is 1. The van der Waals surface area contributed by atoms with Crippen LogP contribution < -0.4 is 5.73 Å². The monoisotopic (exact) mass is 357 g/mol. The van der Waals surface area contributed by atoms with Gasteiger partial charge in [-0.25, -0.2) is 0 Å². The molecule has 1 atom stereocenters. The fourth-order valence-electron chi connectivity index (χ4n) is 1.88. The number of halogens is 3. The summed E-state index contributed by atoms with van der Waals surface area (Å²) in [5.74, 6) is 0. The number of nitrogens with two attached hydrogens (primary N) is 1. The van der Waals surface area contributed by atoms with Gasteiger partial charge in [0.2, 0.25) is 0 Å². The smallest absolute Gasteiger partial charge is 0.0449 e. The third-order valence-electron chi connectivity index (χ3n) is 3.08. The maximum absolute atomic E-state index is 6.22. The van der Waals surface area contributed by atoms with Gasteiger partial charge in [-0.2, -0.15) is 0 Å². The van der Waals surface area contributed by atoms with Crippen molar-refractivity contribution in [2.45, 2.75) is 19.4 Å². The Balaban J connectivity index is 2.20. The summed E-state index contributed by atoms with van der Waals surface area (Å²) in [5.41, 5.74) is 9.34. The minimum atomic E-state index is -0.114. The zero-order valence-electron chi connectivity index (χ0n) is 10.5. The average Bonchev–Trinajstić information content (AvgIpc) is 2.36. The molecule has 0 saturated carbocycles. The fraction of sp³-hybridized carbons (Fsp3) is 0.200. The standard InChI is InChI=1S/C15H14BrCl2N/c1-9-2-3-11(6-13(9)17)15(19)7-10-4-5-12(16)8-14(10)18/h2-6,8,15H,7,19H2,1H3. The lowest BCUT2D eigenvalue weighted by Crippen LogP contribution is -2.13. The van der Waals surface area contributed by atoms with Crippen LogP contribution in [0.4, 0.5) is 0 Å². The van der Waals surface area contributed by atoms with Crippen molar-refractivity contribution in [2.24, 2.45) is 5.73 Å². The summed E-state index contributed by atoms with van der Waals surface area (Å²) in [6, 6.07) is 11.6. The molecule has 0 fully saturated rings. The molecular weight excluding hydrogens is 345 g/mol. The lowest BCUT2D eigenvalue weighted by Gasteiger charge is -2.14. The molecule has 0 amide bonds. The molecule has 100 valence electrons. The largest absolute Gasteiger partial charge is 0.324 e. The first-order valence-corrected chi connectivity index (χ1v) is 7.48. The van der Waals surface area contributed by atoms with E-state index >= 15 is 0 Å². The average molecular weight is 359 g/mol. The van der Waals surface area contributed by atoms with Crippen LogP contribution in [0.2, 0.25) is 10.0 Å². The first kappa shape index (κ1) is 14.9. The molecule has 0 aliphatic heterocycles. The minimum absolute atomic E-state index is 0.114. The highest BCUT2D eigenvalue weighted by Gasteiger charge is 2.11. The van der Waals surface area contributed by atoms with E-state index in [1.165, 1.54) is 0 Å². The van der Waals surface area contributed by atoms with Crippen LogP contribution in [0.1, 0.15) is 22.7 Å². The van der Waals surface area contributed by atoms with Crippen molar-refractivity contribution in [3.05, 3.63) is 67.6 Å². The molecule has 0 spiro atoms. The summed E-state index contributed by atoms with van der Waals surface area (Å²) in [6.45, 7) is 1.98. The molecule has 0 heterocycles. The Morgan fingerprint density at radius 3 is 2.47 bits per heavy atom. The molecule has 0 aromatic heterocycles. The van der Waals surface area contributed by atoms with Crippen molar-refractivity contribution in [1.29, 1.82) is 0 Å². The molecule has 0 saturated heterocycles. The van der Waals surface area contributed by atoms with Crippen LogP contribution in [0, 0.1) is 6.92 Å². The second-order valence-corrected chi connectivity index (χ2v) is 6.29. The maximum Gasteiger partial charge on any atom is 0.0449 e. The maximum atomic E-state index is 6.22. The zero-order valence-corrected chi connectivity index (χ0v) is 13.6. The Kier molecular flexibility index (Phi) is 4.91. The molecular formula is C15H14BrCl2N. The lowest BCUT2D eigenvalue weighted by atomic mass is 9.99. The van der Waals surface area contributed by atoms with Crippen LogP contribution >= 0.6 is 39.1 Å². The van der Waals surface area contributed by atoms with Crippen LogP contribution in [0.3, 0.4) is 0 Å². The van der Waals surface area contributed by atoms with Crippen LogP contribution in [-0.4, -0.2) is 0 Å². The normalized spacial score (nSPS) is 12.5. The molecule has 2 aromatic rings. The van der Waals surface area contributed by atoms with E-state index < -0.39 is 0 Å². The quantitative estimate of drug-likeness (QED) is 0.790. The topological polar surface area (TPSA) is 26.0 Å². The molecule has 0 radical (unpaired) electrons. The van der Waals surface area contributed by atoms with E-state index in [1.807, 2.05) is 43.3 Å². The van der Waals surface area contributed by atoms with Gasteiger partial charge in [0.25, 0.3) is 0 Å². The molecule has 2 rings (SSSR count). The first-order valence-electron chi connectivity index (χ1n) is 5.93. The molecule has 19 heavy (non-hydrogen) atoms. The van der Waals surface area contributed by atoms with E-state index in [4.69, 9.17) is 28.9 Å². The molecule has 2 aromatic carbocycles. The summed E-state index contributed by atoms with van der Waals surface area (Å²) in [5, 5.41) is 1.47. The van der Waals surface area contributed by atoms with Gasteiger partial charge < -0.3 is 5.73 Å². The molecule has 4 heteroatoms. The first-order chi connectivity index (χ1) is 8.97. The predicted octanol–water partition coefficient (Wildman–Crippen LogP) is 5.31. The lowest BCUT2D eigenvalue weighted by molar-refractivity contribution is 0.722. The Hall–Kier alpha value is -0.540. The summed E-state index contributed by atoms with van der Waals surface area (Å²) in [6.07, 6.45) is 0.686. The zero-order chi connectivity index (χ0) is 14.0. The summed E-state index contributed by atoms with van der Waals surface area (Å²) in [4.78, 5) is 0. The van der Waals surface area contributed by atoms with Crippen LogP contribution in [0.25, 0.3) is 0 Å². The van der Waals surface area contributed by atoms with Crippen molar-refractivity contribution < 1.29 is 0 Å². The van der Waals surface area contributed by atoms with E-state index in [0.717, 1.165) is 31.2 Å². The summed E-state index contributed by atoms with van der Waals surface area (Å²) < 4.78 is 0.966. The number of benzene rings is 2. The van der Waals surface area contributed by atoms with Gasteiger partial charge in [0.1, 0.15) is 0 Å². The van der Waals surface area contributed by atoms with Crippen molar-refractivity contribution in [1.82, 2.24) is 0 Å². The summed E-state index contributed by atoms with van der Waals surface area (Å²) >= 11 is 15.7. The van der Waals surface area contributed by atoms with E-state index in [1.54, 1.807) is 0 Å². The van der Waals surface area contributed by atoms with Crippen molar-refractivity contribution in [2.75, 3.05) is 0 Å². The fourth-order valence-corrected chi connectivity index (χ4v) is 2.82. The van der Waals surface area contributed by atoms with Crippen molar-refractivity contribution in [3.8, 4) is 0 Å². The number of rotatable bonds is 3. The molecule has 1 unspecified atom stereocenters. The van der Waals surface area contributed by atoms with E-state index in [9.17, 15) is 0 Å². The van der Waals surface area contributed by atoms with Gasteiger partial charge in [-0.05, 0) is 48.2 Å². The van der Waals surface area contributed by atoms with Gasteiger partial charge in [0, 0.05) is 20.6 Å². The third kappa shape index (κ3) is 3.73. The van der Waals surface area contributed by atoms with E-state index in [0.29, 0.717) is 6.42 Å². The minimum Gasteiger partial charge on any atom is -0.324 e. The Labute approximate surface area is 131 Å². The van der Waals surface area contributed by atoms with Gasteiger partial charge >= 0.3 is 0 Å². The third-order valence-corrected chi connectivity index (χ3v) is 4.33. The Morgan fingerprint density at radius 2 is 1.84 bits per heavy atom. The molecule has 0 aliphatic rings. The van der Waals surface area contributed by atoms with E-state index in [2.05, 4.69) is 15.9 Å². The van der Waals surface area contributed by atoms with Crippen molar-refractivity contribution in [3.63, 3.8) is 0 Å². The molecule has 0 aliphatic carbocycles. The highest BCUT2D eigenvalue weighted by Crippen LogP contribution is 2.27. The van der Waals surface area contributed by atoms with Gasteiger partial charge in [-0.3, -0.25) is 0 Å². The van der Waals surface area contributed by atoms with Crippen LogP contribution in [-0.2, 0) is 6.42 Å². The highest BCUT2D eigenvalue weighted by molar-refractivity contribution is 9.10. The second kappa shape index (κ2) is 6.27. The Morgan fingerprint density at radius 1 is 1.11 bits per heavy atom. The van der Waals surface area contributed by atoms with Gasteiger partial charge in [0.15, 0.2) is 0 Å². The molecule has 0 bridgehead atoms. The molecule has 1 nitrogen and oxygen atoms in total. The predicted molar refractivity (Wildman–Crippen MR) is 86.0 cm³/mol. The number of hydrogen-bond donors (Lipinski definition) is 1.